The number of hydrogen-bond donors (Lipinski definition) is 1. The van der Waals surface area contributed by atoms with Crippen molar-refractivity contribution in [3.05, 3.63) is 52.8 Å². The summed E-state index contributed by atoms with van der Waals surface area (Å²) in [7, 11) is 0. The number of H-pyrrole nitrogens is 1. The van der Waals surface area contributed by atoms with Crippen LogP contribution in [0.4, 0.5) is 0 Å². The molecule has 1 aromatic heterocycles. The van der Waals surface area contributed by atoms with Crippen LogP contribution in [-0.4, -0.2) is 64.8 Å². The lowest BCUT2D eigenvalue weighted by Gasteiger charge is -2.48. The Morgan fingerprint density at radius 2 is 2.04 bits per heavy atom. The highest BCUT2D eigenvalue weighted by atomic mass is 16.5. The third kappa shape index (κ3) is 3.77. The standard InChI is InChI=1S/C21H28N4O2/c1-15-16(2)22-23-19(15)8-9-21(26)24-10-11-25-18(12-24)13-27-14-20(25)17-6-4-3-5-7-17/h3-7,18,20H,8-14H2,1-2H3,(H,22,23)/t18-,20-/m1/s1. The highest BCUT2D eigenvalue weighted by Gasteiger charge is 2.37. The molecule has 2 aliphatic rings. The highest BCUT2D eigenvalue weighted by molar-refractivity contribution is 5.76. The third-order valence-electron chi connectivity index (χ3n) is 5.98. The zero-order chi connectivity index (χ0) is 18.8. The Bertz CT molecular complexity index is 789. The maximum Gasteiger partial charge on any atom is 0.223 e. The second kappa shape index (κ2) is 7.82. The maximum atomic E-state index is 12.7. The van der Waals surface area contributed by atoms with Gasteiger partial charge in [-0.1, -0.05) is 30.3 Å². The molecule has 6 heteroatoms. The Hall–Kier alpha value is -2.18. The monoisotopic (exact) mass is 368 g/mol. The normalized spacial score (nSPS) is 23.3. The number of benzene rings is 1. The average Bonchev–Trinajstić information content (AvgIpc) is 3.04. The molecule has 0 unspecified atom stereocenters. The Morgan fingerprint density at radius 3 is 2.78 bits per heavy atom. The molecule has 144 valence electrons. The van der Waals surface area contributed by atoms with Gasteiger partial charge in [0, 0.05) is 38.2 Å². The quantitative estimate of drug-likeness (QED) is 0.899. The summed E-state index contributed by atoms with van der Waals surface area (Å²) in [5, 5.41) is 7.32. The number of ether oxygens (including phenoxy) is 1. The van der Waals surface area contributed by atoms with Crippen LogP contribution in [0.2, 0.25) is 0 Å². The predicted octanol–water partition coefficient (Wildman–Crippen LogP) is 2.24. The van der Waals surface area contributed by atoms with Gasteiger partial charge in [0.1, 0.15) is 0 Å². The van der Waals surface area contributed by atoms with Crippen LogP contribution in [0.15, 0.2) is 30.3 Å². The van der Waals surface area contributed by atoms with Gasteiger partial charge in [0.05, 0.1) is 31.0 Å². The van der Waals surface area contributed by atoms with Crippen LogP contribution < -0.4 is 0 Å². The van der Waals surface area contributed by atoms with E-state index in [-0.39, 0.29) is 18.0 Å². The predicted molar refractivity (Wildman–Crippen MR) is 103 cm³/mol. The summed E-state index contributed by atoms with van der Waals surface area (Å²) in [6.45, 7) is 7.94. The Balaban J connectivity index is 1.36. The molecule has 0 spiro atoms. The highest BCUT2D eigenvalue weighted by Crippen LogP contribution is 2.29. The van der Waals surface area contributed by atoms with Crippen LogP contribution in [0, 0.1) is 13.8 Å². The number of amides is 1. The summed E-state index contributed by atoms with van der Waals surface area (Å²) in [6, 6.07) is 11.1. The first-order valence-electron chi connectivity index (χ1n) is 9.80. The van der Waals surface area contributed by atoms with Crippen molar-refractivity contribution in [2.24, 2.45) is 0 Å². The zero-order valence-electron chi connectivity index (χ0n) is 16.1. The summed E-state index contributed by atoms with van der Waals surface area (Å²) in [5.74, 6) is 0.219. The van der Waals surface area contributed by atoms with Gasteiger partial charge in [0.25, 0.3) is 0 Å². The lowest BCUT2D eigenvalue weighted by Crippen LogP contribution is -2.60. The Morgan fingerprint density at radius 1 is 1.22 bits per heavy atom. The number of morpholine rings is 1. The van der Waals surface area contributed by atoms with Gasteiger partial charge in [-0.25, -0.2) is 0 Å². The number of nitrogens with zero attached hydrogens (tertiary/aromatic N) is 3. The van der Waals surface area contributed by atoms with Crippen molar-refractivity contribution in [2.75, 3.05) is 32.8 Å². The van der Waals surface area contributed by atoms with Crippen molar-refractivity contribution in [3.8, 4) is 0 Å². The Labute approximate surface area is 160 Å². The number of piperazine rings is 1. The molecule has 0 bridgehead atoms. The summed E-state index contributed by atoms with van der Waals surface area (Å²) < 4.78 is 5.89. The lowest BCUT2D eigenvalue weighted by molar-refractivity contribution is -0.140. The summed E-state index contributed by atoms with van der Waals surface area (Å²) >= 11 is 0. The third-order valence-corrected chi connectivity index (χ3v) is 5.98. The number of aromatic amines is 1. The van der Waals surface area contributed by atoms with E-state index >= 15 is 0 Å². The molecule has 1 aromatic carbocycles. The van der Waals surface area contributed by atoms with Gasteiger partial charge >= 0.3 is 0 Å². The SMILES string of the molecule is Cc1[nH]nc(CCC(=O)N2CCN3[C@@H](COC[C@@H]3c3ccccc3)C2)c1C. The van der Waals surface area contributed by atoms with Gasteiger partial charge in [-0.3, -0.25) is 14.8 Å². The molecule has 0 saturated carbocycles. The van der Waals surface area contributed by atoms with Gasteiger partial charge in [0.2, 0.25) is 5.91 Å². The van der Waals surface area contributed by atoms with Crippen molar-refractivity contribution in [1.29, 1.82) is 0 Å². The van der Waals surface area contributed by atoms with Crippen molar-refractivity contribution >= 4 is 5.91 Å². The fourth-order valence-electron chi connectivity index (χ4n) is 4.19. The second-order valence-corrected chi connectivity index (χ2v) is 7.62. The number of aryl methyl sites for hydroxylation is 2. The first-order valence-corrected chi connectivity index (χ1v) is 9.80. The van der Waals surface area contributed by atoms with E-state index < -0.39 is 0 Å². The van der Waals surface area contributed by atoms with E-state index in [9.17, 15) is 4.79 Å². The summed E-state index contributed by atoms with van der Waals surface area (Å²) in [4.78, 5) is 17.3. The number of aromatic nitrogens is 2. The molecule has 2 atom stereocenters. The van der Waals surface area contributed by atoms with Crippen LogP contribution in [0.3, 0.4) is 0 Å². The molecule has 27 heavy (non-hydrogen) atoms. The van der Waals surface area contributed by atoms with Gasteiger partial charge < -0.3 is 9.64 Å². The molecule has 2 aliphatic heterocycles. The first-order chi connectivity index (χ1) is 13.1. The van der Waals surface area contributed by atoms with Crippen molar-refractivity contribution in [2.45, 2.75) is 38.8 Å². The fraction of sp³-hybridized carbons (Fsp3) is 0.524. The number of rotatable bonds is 4. The van der Waals surface area contributed by atoms with Crippen LogP contribution >= 0.6 is 0 Å². The van der Waals surface area contributed by atoms with Gasteiger partial charge in [-0.2, -0.15) is 5.10 Å². The number of hydrogen-bond acceptors (Lipinski definition) is 4. The first kappa shape index (κ1) is 18.2. The fourth-order valence-corrected chi connectivity index (χ4v) is 4.19. The number of fused-ring (bicyclic) bond motifs is 1. The van der Waals surface area contributed by atoms with E-state index in [1.807, 2.05) is 17.9 Å². The summed E-state index contributed by atoms with van der Waals surface area (Å²) in [6.07, 6.45) is 1.21. The molecule has 4 rings (SSSR count). The van der Waals surface area contributed by atoms with Gasteiger partial charge in [-0.05, 0) is 25.0 Å². The van der Waals surface area contributed by atoms with Gasteiger partial charge in [0.15, 0.2) is 0 Å². The molecular weight excluding hydrogens is 340 g/mol. The van der Waals surface area contributed by atoms with Crippen molar-refractivity contribution < 1.29 is 9.53 Å². The van der Waals surface area contributed by atoms with Crippen LogP contribution in [0.5, 0.6) is 0 Å². The largest absolute Gasteiger partial charge is 0.378 e. The molecule has 2 saturated heterocycles. The number of carbonyl (C=O) groups is 1. The maximum absolute atomic E-state index is 12.7. The minimum Gasteiger partial charge on any atom is -0.378 e. The van der Waals surface area contributed by atoms with E-state index in [1.54, 1.807) is 0 Å². The van der Waals surface area contributed by atoms with E-state index in [0.29, 0.717) is 19.4 Å². The minimum absolute atomic E-state index is 0.219. The molecule has 0 radical (unpaired) electrons. The van der Waals surface area contributed by atoms with Crippen LogP contribution in [0.25, 0.3) is 0 Å². The molecule has 2 fully saturated rings. The smallest absolute Gasteiger partial charge is 0.223 e. The summed E-state index contributed by atoms with van der Waals surface area (Å²) in [5.41, 5.74) is 4.55. The number of nitrogens with one attached hydrogen (secondary N) is 1. The van der Waals surface area contributed by atoms with Crippen LogP contribution in [-0.2, 0) is 16.0 Å². The van der Waals surface area contributed by atoms with E-state index in [0.717, 1.165) is 37.6 Å². The van der Waals surface area contributed by atoms with E-state index in [4.69, 9.17) is 4.74 Å². The Kier molecular flexibility index (Phi) is 5.27. The molecule has 2 aromatic rings. The van der Waals surface area contributed by atoms with Crippen molar-refractivity contribution in [3.63, 3.8) is 0 Å². The van der Waals surface area contributed by atoms with E-state index in [1.165, 1.54) is 11.1 Å². The topological polar surface area (TPSA) is 61.5 Å². The van der Waals surface area contributed by atoms with E-state index in [2.05, 4.69) is 46.3 Å². The molecule has 0 aliphatic carbocycles. The number of carbonyl (C=O) groups excluding carboxylic acids is 1. The molecule has 3 heterocycles. The average molecular weight is 368 g/mol. The second-order valence-electron chi connectivity index (χ2n) is 7.62. The molecule has 1 N–H and O–H groups in total. The zero-order valence-corrected chi connectivity index (χ0v) is 16.1. The molecule has 6 nitrogen and oxygen atoms in total. The van der Waals surface area contributed by atoms with Crippen molar-refractivity contribution in [1.82, 2.24) is 20.0 Å². The van der Waals surface area contributed by atoms with Crippen LogP contribution in [0.1, 0.15) is 35.0 Å². The lowest BCUT2D eigenvalue weighted by atomic mass is 10.00. The van der Waals surface area contributed by atoms with Gasteiger partial charge in [-0.15, -0.1) is 0 Å². The minimum atomic E-state index is 0.219. The molecule has 1 amide bonds. The molecular formula is C21H28N4O2.